The van der Waals surface area contributed by atoms with Crippen molar-refractivity contribution in [2.24, 2.45) is 0 Å². The molecule has 0 rings (SSSR count). The molecule has 0 atom stereocenters. The van der Waals surface area contributed by atoms with Crippen molar-refractivity contribution in [3.8, 4) is 0 Å². The third-order valence-electron chi connectivity index (χ3n) is 0. The monoisotopic (exact) mass is 128 g/mol. The van der Waals surface area contributed by atoms with Crippen LogP contribution >= 0.6 is 0 Å². The Bertz CT molecular complexity index is 10.1. The summed E-state index contributed by atoms with van der Waals surface area (Å²) in [5, 5.41) is 0. The van der Waals surface area contributed by atoms with Crippen LogP contribution in [0.1, 0.15) is 4.28 Å². The molecule has 0 radical (unpaired) electrons. The molecule has 0 aromatic heterocycles. The van der Waals surface area contributed by atoms with Gasteiger partial charge in [-0.3, -0.25) is 0 Å². The quantitative estimate of drug-likeness (QED) is 0.284. The Morgan fingerprint density at radius 1 is 0.750 bits per heavy atom. The summed E-state index contributed by atoms with van der Waals surface area (Å²) in [6.07, 6.45) is 0. The van der Waals surface area contributed by atoms with E-state index in [1.165, 1.54) is 0 Å². The Hall–Kier alpha value is 3.52. The van der Waals surface area contributed by atoms with Crippen molar-refractivity contribution in [1.82, 2.24) is 0 Å². The summed E-state index contributed by atoms with van der Waals surface area (Å²) in [7, 11) is 0. The molecule has 0 saturated carbocycles. The van der Waals surface area contributed by atoms with Crippen LogP contribution in [0, 0.1) is 0 Å². The van der Waals surface area contributed by atoms with Gasteiger partial charge < -0.3 is 4.28 Å². The van der Waals surface area contributed by atoms with Crippen molar-refractivity contribution in [2.45, 2.75) is 0 Å². The van der Waals surface area contributed by atoms with Crippen molar-refractivity contribution in [2.75, 3.05) is 0 Å². The molecule has 0 fully saturated rings. The van der Waals surface area contributed by atoms with Crippen LogP contribution in [0.25, 0.3) is 0 Å². The van der Waals surface area contributed by atoms with Crippen LogP contribution in [-0.4, -0.2) is 0 Å². The zero-order chi connectivity index (χ0) is 0. The predicted molar refractivity (Wildman–Crippen MR) is 3.34 cm³/mol. The Morgan fingerprint density at radius 2 is 0.750 bits per heavy atom. The Balaban J connectivity index is 0. The van der Waals surface area contributed by atoms with Gasteiger partial charge in [0, 0.05) is 17.1 Å². The van der Waals surface area contributed by atoms with Gasteiger partial charge in [0.05, 0.1) is 0 Å². The van der Waals surface area contributed by atoms with Gasteiger partial charge in [-0.1, -0.05) is 0 Å². The van der Waals surface area contributed by atoms with E-state index in [0.717, 1.165) is 0 Å². The van der Waals surface area contributed by atoms with Crippen LogP contribution in [0.4, 0.5) is 0 Å². The van der Waals surface area contributed by atoms with Gasteiger partial charge in [-0.05, 0) is 0 Å². The van der Waals surface area contributed by atoms with Gasteiger partial charge in [0.2, 0.25) is 0 Å². The molecule has 0 aliphatic heterocycles. The molecule has 0 aliphatic rings. The molecule has 4 heteroatoms. The largest absolute Gasteiger partial charge is 1.00 e. The Labute approximate surface area is 108 Å². The average Bonchev–Trinajstić information content (AvgIpc) is 0. The zero-order valence-corrected chi connectivity index (χ0v) is 10.5. The van der Waals surface area contributed by atoms with Crippen molar-refractivity contribution < 1.29 is 110 Å². The maximum Gasteiger partial charge on any atom is 1.00 e. The maximum atomic E-state index is 0. The summed E-state index contributed by atoms with van der Waals surface area (Å²) in [6.45, 7) is 0. The molecule has 0 aromatic carbocycles. The van der Waals surface area contributed by atoms with Crippen LogP contribution in [0.2, 0.25) is 0 Å². The first kappa shape index (κ1) is 25.8. The first-order valence-electron chi connectivity index (χ1n) is 0. The van der Waals surface area contributed by atoms with E-state index in [4.69, 9.17) is 0 Å². The first-order chi connectivity index (χ1) is 0. The van der Waals surface area contributed by atoms with Crippen molar-refractivity contribution in [1.29, 1.82) is 0 Å². The third kappa shape index (κ3) is 9.10. The molecule has 0 bridgehead atoms. The van der Waals surface area contributed by atoms with E-state index < -0.39 is 0 Å². The molecule has 0 saturated heterocycles. The number of hydrogen-bond donors (Lipinski definition) is 0. The molecule has 4 heavy (non-hydrogen) atoms. The van der Waals surface area contributed by atoms with Crippen molar-refractivity contribution >= 4 is 0 Å². The normalized spacial score (nSPS) is 0. The second-order valence-electron chi connectivity index (χ2n) is 0. The van der Waals surface area contributed by atoms with E-state index in [9.17, 15) is 0 Å². The molecule has 0 unspecified atom stereocenters. The molecule has 14 valence electrons. The summed E-state index contributed by atoms with van der Waals surface area (Å²) in [5.41, 5.74) is 0. The van der Waals surface area contributed by atoms with Gasteiger partial charge in [0.25, 0.3) is 0 Å². The molecule has 0 aliphatic carbocycles. The van der Waals surface area contributed by atoms with Crippen molar-refractivity contribution in [3.05, 3.63) is 0 Å². The molecule has 0 aromatic rings. The van der Waals surface area contributed by atoms with E-state index in [1.807, 2.05) is 0 Å². The zero-order valence-electron chi connectivity index (χ0n) is 6.35. The molecule has 0 nitrogen and oxygen atoms in total. The second-order valence-corrected chi connectivity index (χ2v) is 0. The summed E-state index contributed by atoms with van der Waals surface area (Å²) in [4.78, 5) is 0. The fraction of sp³-hybridized carbons (Fsp3) is 0. The standard InChI is InChI=1S/Fe.3Na.3H/q;3*+1;3*-1. The van der Waals surface area contributed by atoms with Crippen LogP contribution in [-0.2, 0) is 17.1 Å². The topological polar surface area (TPSA) is 0 Å². The molecule has 0 N–H and O–H groups in total. The van der Waals surface area contributed by atoms with E-state index in [0.29, 0.717) is 0 Å². The molecule has 0 amide bonds. The van der Waals surface area contributed by atoms with Gasteiger partial charge in [0.15, 0.2) is 0 Å². The fourth-order valence-electron chi connectivity index (χ4n) is 0. The fourth-order valence-corrected chi connectivity index (χ4v) is 0. The minimum atomic E-state index is 0. The summed E-state index contributed by atoms with van der Waals surface area (Å²) in [5.74, 6) is 0. The van der Waals surface area contributed by atoms with Crippen LogP contribution < -0.4 is 88.7 Å². The van der Waals surface area contributed by atoms with E-state index in [-0.39, 0.29) is 110 Å². The SMILES string of the molecule is [Fe].[H-].[H-].[H-].[Na+].[Na+].[Na+]. The van der Waals surface area contributed by atoms with Crippen LogP contribution in [0.3, 0.4) is 0 Å². The maximum absolute atomic E-state index is 0. The summed E-state index contributed by atoms with van der Waals surface area (Å²) in [6, 6.07) is 0. The number of rotatable bonds is 0. The predicted octanol–water partition coefficient (Wildman–Crippen LogP) is -8.65. The third-order valence-corrected chi connectivity index (χ3v) is 0. The van der Waals surface area contributed by atoms with Crippen LogP contribution in [0.15, 0.2) is 0 Å². The van der Waals surface area contributed by atoms with Crippen molar-refractivity contribution in [3.63, 3.8) is 0 Å². The smallest absolute Gasteiger partial charge is 1.00 e. The van der Waals surface area contributed by atoms with Gasteiger partial charge in [0.1, 0.15) is 0 Å². The molecule has 0 spiro atoms. The van der Waals surface area contributed by atoms with Gasteiger partial charge in [-0.2, -0.15) is 0 Å². The minimum absolute atomic E-state index is 0. The Kier molecular flexibility index (Phi) is 103. The van der Waals surface area contributed by atoms with Gasteiger partial charge in [-0.15, -0.1) is 0 Å². The summed E-state index contributed by atoms with van der Waals surface area (Å²) < 4.78 is 0. The second kappa shape index (κ2) is 16.0. The van der Waals surface area contributed by atoms with Gasteiger partial charge >= 0.3 is 88.7 Å². The molecule has 0 heterocycles. The molecular weight excluding hydrogens is 125 g/mol. The van der Waals surface area contributed by atoms with Gasteiger partial charge in [-0.25, -0.2) is 0 Å². The number of hydrogen-bond acceptors (Lipinski definition) is 0. The van der Waals surface area contributed by atoms with Crippen LogP contribution in [0.5, 0.6) is 0 Å². The van der Waals surface area contributed by atoms with E-state index in [2.05, 4.69) is 0 Å². The van der Waals surface area contributed by atoms with E-state index >= 15 is 0 Å². The average molecular weight is 128 g/mol. The Morgan fingerprint density at radius 3 is 0.750 bits per heavy atom. The minimum Gasteiger partial charge on any atom is -1.00 e. The summed E-state index contributed by atoms with van der Waals surface area (Å²) >= 11 is 0. The first-order valence-corrected chi connectivity index (χ1v) is 0. The van der Waals surface area contributed by atoms with E-state index in [1.54, 1.807) is 0 Å². The molecular formula is H3FeNa3.